The number of carboxylic acids is 1. The number of carboxylic acid groups (broad SMARTS) is 1. The van der Waals surface area contributed by atoms with Crippen LogP contribution in [0, 0.1) is 11.8 Å². The number of ether oxygens (including phenoxy) is 1. The number of aliphatic carboxylic acids is 1. The van der Waals surface area contributed by atoms with Gasteiger partial charge in [-0.25, -0.2) is 4.79 Å². The molecule has 2 aromatic rings. The van der Waals surface area contributed by atoms with Crippen molar-refractivity contribution < 1.29 is 29.3 Å². The van der Waals surface area contributed by atoms with E-state index < -0.39 is 24.6 Å². The first kappa shape index (κ1) is 26.2. The van der Waals surface area contributed by atoms with E-state index in [1.807, 2.05) is 38.1 Å². The summed E-state index contributed by atoms with van der Waals surface area (Å²) >= 11 is 0. The van der Waals surface area contributed by atoms with E-state index in [1.165, 1.54) is 0 Å². The van der Waals surface area contributed by atoms with Crippen LogP contribution in [0.3, 0.4) is 0 Å². The van der Waals surface area contributed by atoms with E-state index in [9.17, 15) is 19.5 Å². The standard InChI is InChI=1S/C27H34N2O6/c1-17(2)11-18(12-25(31)28-15-19(30)13-26(32)33)14-29-27(34)35-16-24-22-9-5-3-7-20(22)21-8-4-6-10-23(21)24/h3-10,17-19,24,30H,11-16H2,1-2H3,(H,28,31)(H,29,34)(H,32,33). The van der Waals surface area contributed by atoms with Crippen molar-refractivity contribution in [2.24, 2.45) is 11.8 Å². The van der Waals surface area contributed by atoms with E-state index in [1.54, 1.807) is 0 Å². The summed E-state index contributed by atoms with van der Waals surface area (Å²) in [6.45, 7) is 4.44. The van der Waals surface area contributed by atoms with Crippen molar-refractivity contribution in [2.45, 2.75) is 45.1 Å². The number of nitrogens with one attached hydrogen (secondary N) is 2. The van der Waals surface area contributed by atoms with Crippen molar-refractivity contribution >= 4 is 18.0 Å². The Morgan fingerprint density at radius 2 is 1.51 bits per heavy atom. The number of rotatable bonds is 12. The molecule has 3 rings (SSSR count). The van der Waals surface area contributed by atoms with E-state index >= 15 is 0 Å². The Bertz CT molecular complexity index is 992. The van der Waals surface area contributed by atoms with Gasteiger partial charge in [-0.3, -0.25) is 9.59 Å². The van der Waals surface area contributed by atoms with Gasteiger partial charge in [0.25, 0.3) is 0 Å². The maximum atomic E-state index is 12.5. The zero-order valence-electron chi connectivity index (χ0n) is 20.2. The number of amides is 2. The summed E-state index contributed by atoms with van der Waals surface area (Å²) in [4.78, 5) is 35.4. The highest BCUT2D eigenvalue weighted by atomic mass is 16.5. The van der Waals surface area contributed by atoms with Gasteiger partial charge in [0, 0.05) is 25.4 Å². The lowest BCUT2D eigenvalue weighted by Crippen LogP contribution is -2.37. The first-order valence-electron chi connectivity index (χ1n) is 12.0. The van der Waals surface area contributed by atoms with Crippen LogP contribution in [0.4, 0.5) is 4.79 Å². The van der Waals surface area contributed by atoms with Gasteiger partial charge >= 0.3 is 12.1 Å². The summed E-state index contributed by atoms with van der Waals surface area (Å²) in [7, 11) is 0. The molecule has 8 heteroatoms. The third-order valence-corrected chi connectivity index (χ3v) is 6.10. The smallest absolute Gasteiger partial charge is 0.407 e. The predicted octanol–water partition coefficient (Wildman–Crippen LogP) is 3.53. The number of benzene rings is 2. The second-order valence-corrected chi connectivity index (χ2v) is 9.46. The van der Waals surface area contributed by atoms with Crippen LogP contribution in [0.15, 0.2) is 48.5 Å². The van der Waals surface area contributed by atoms with E-state index in [2.05, 4.69) is 34.9 Å². The molecule has 2 unspecified atom stereocenters. The fourth-order valence-electron chi connectivity index (χ4n) is 4.62. The van der Waals surface area contributed by atoms with Gasteiger partial charge in [0.15, 0.2) is 0 Å². The van der Waals surface area contributed by atoms with Crippen molar-refractivity contribution in [3.63, 3.8) is 0 Å². The molecule has 0 spiro atoms. The number of aliphatic hydroxyl groups is 1. The van der Waals surface area contributed by atoms with Crippen molar-refractivity contribution in [2.75, 3.05) is 19.7 Å². The highest BCUT2D eigenvalue weighted by molar-refractivity contribution is 5.79. The van der Waals surface area contributed by atoms with E-state index in [-0.39, 0.29) is 43.9 Å². The molecule has 35 heavy (non-hydrogen) atoms. The topological polar surface area (TPSA) is 125 Å². The van der Waals surface area contributed by atoms with Crippen molar-refractivity contribution in [1.82, 2.24) is 10.6 Å². The lowest BCUT2D eigenvalue weighted by molar-refractivity contribution is -0.139. The molecule has 1 aliphatic rings. The zero-order chi connectivity index (χ0) is 25.4. The number of carbonyl (C=O) groups excluding carboxylic acids is 2. The van der Waals surface area contributed by atoms with Crippen molar-refractivity contribution in [3.05, 3.63) is 59.7 Å². The van der Waals surface area contributed by atoms with Gasteiger partial charge in [-0.05, 0) is 40.5 Å². The summed E-state index contributed by atoms with van der Waals surface area (Å²) in [5.41, 5.74) is 4.60. The Hall–Kier alpha value is -3.39. The van der Waals surface area contributed by atoms with Gasteiger partial charge in [-0.1, -0.05) is 62.4 Å². The average molecular weight is 483 g/mol. The van der Waals surface area contributed by atoms with Crippen LogP contribution in [0.5, 0.6) is 0 Å². The summed E-state index contributed by atoms with van der Waals surface area (Å²) in [6.07, 6.45) is -1.23. The highest BCUT2D eigenvalue weighted by Gasteiger charge is 2.29. The first-order valence-corrected chi connectivity index (χ1v) is 12.0. The predicted molar refractivity (Wildman–Crippen MR) is 132 cm³/mol. The third kappa shape index (κ3) is 7.55. The van der Waals surface area contributed by atoms with Gasteiger partial charge < -0.3 is 25.6 Å². The molecular weight excluding hydrogens is 448 g/mol. The lowest BCUT2D eigenvalue weighted by atomic mass is 9.93. The summed E-state index contributed by atoms with van der Waals surface area (Å²) < 4.78 is 5.58. The van der Waals surface area contributed by atoms with E-state index in [0.29, 0.717) is 5.92 Å². The summed E-state index contributed by atoms with van der Waals surface area (Å²) in [5, 5.41) is 23.7. The van der Waals surface area contributed by atoms with Crippen LogP contribution >= 0.6 is 0 Å². The molecule has 0 saturated heterocycles. The second-order valence-electron chi connectivity index (χ2n) is 9.46. The Morgan fingerprint density at radius 3 is 2.09 bits per heavy atom. The fraction of sp³-hybridized carbons (Fsp3) is 0.444. The fourth-order valence-corrected chi connectivity index (χ4v) is 4.62. The average Bonchev–Trinajstić information content (AvgIpc) is 3.13. The van der Waals surface area contributed by atoms with Gasteiger partial charge in [0.05, 0.1) is 12.5 Å². The molecule has 0 aliphatic heterocycles. The van der Waals surface area contributed by atoms with Gasteiger partial charge in [0.2, 0.25) is 5.91 Å². The van der Waals surface area contributed by atoms with Gasteiger partial charge in [-0.15, -0.1) is 0 Å². The summed E-state index contributed by atoms with van der Waals surface area (Å²) in [6, 6.07) is 16.3. The van der Waals surface area contributed by atoms with Crippen LogP contribution in [0.25, 0.3) is 11.1 Å². The summed E-state index contributed by atoms with van der Waals surface area (Å²) in [5.74, 6) is -1.25. The third-order valence-electron chi connectivity index (χ3n) is 6.10. The van der Waals surface area contributed by atoms with Crippen LogP contribution in [0.1, 0.15) is 50.2 Å². The second kappa shape index (κ2) is 12.4. The van der Waals surface area contributed by atoms with Crippen LogP contribution < -0.4 is 10.6 Å². The molecule has 8 nitrogen and oxygen atoms in total. The molecule has 0 bridgehead atoms. The molecule has 0 fully saturated rings. The normalized spacial score (nSPS) is 14.1. The molecule has 2 amide bonds. The Kier molecular flexibility index (Phi) is 9.25. The molecular formula is C27H34N2O6. The molecule has 4 N–H and O–H groups in total. The minimum Gasteiger partial charge on any atom is -0.481 e. The lowest BCUT2D eigenvalue weighted by Gasteiger charge is -2.20. The van der Waals surface area contributed by atoms with Gasteiger partial charge in [0.1, 0.15) is 6.61 Å². The molecule has 0 saturated carbocycles. The van der Waals surface area contributed by atoms with Crippen LogP contribution in [0.2, 0.25) is 0 Å². The highest BCUT2D eigenvalue weighted by Crippen LogP contribution is 2.44. The maximum Gasteiger partial charge on any atom is 0.407 e. The largest absolute Gasteiger partial charge is 0.481 e. The number of aliphatic hydroxyl groups excluding tert-OH is 1. The Morgan fingerprint density at radius 1 is 0.914 bits per heavy atom. The SMILES string of the molecule is CC(C)CC(CNC(=O)OCC1c2ccccc2-c2ccccc21)CC(=O)NCC(O)CC(=O)O. The maximum absolute atomic E-state index is 12.5. The molecule has 0 radical (unpaired) electrons. The minimum atomic E-state index is -1.14. The molecule has 2 atom stereocenters. The Labute approximate surface area is 205 Å². The number of carbonyl (C=O) groups is 3. The van der Waals surface area contributed by atoms with Crippen LogP contribution in [-0.2, 0) is 14.3 Å². The molecule has 0 aromatic heterocycles. The minimum absolute atomic E-state index is 0.0254. The van der Waals surface area contributed by atoms with E-state index in [0.717, 1.165) is 28.7 Å². The zero-order valence-corrected chi connectivity index (χ0v) is 20.2. The number of hydrogen-bond acceptors (Lipinski definition) is 5. The van der Waals surface area contributed by atoms with Crippen molar-refractivity contribution in [3.8, 4) is 11.1 Å². The van der Waals surface area contributed by atoms with E-state index in [4.69, 9.17) is 9.84 Å². The number of hydrogen-bond donors (Lipinski definition) is 4. The molecule has 1 aliphatic carbocycles. The first-order chi connectivity index (χ1) is 16.7. The Balaban J connectivity index is 1.50. The molecule has 0 heterocycles. The van der Waals surface area contributed by atoms with Crippen molar-refractivity contribution in [1.29, 1.82) is 0 Å². The number of fused-ring (bicyclic) bond motifs is 3. The van der Waals surface area contributed by atoms with Gasteiger partial charge in [-0.2, -0.15) is 0 Å². The molecule has 2 aromatic carbocycles. The molecule has 188 valence electrons. The monoisotopic (exact) mass is 482 g/mol. The quantitative estimate of drug-likeness (QED) is 0.367. The van der Waals surface area contributed by atoms with Crippen LogP contribution in [-0.4, -0.2) is 54.0 Å². The number of alkyl carbamates (subject to hydrolysis) is 1.